The molecule has 5 nitrogen and oxygen atoms in total. The molecule has 0 spiro atoms. The molecule has 0 atom stereocenters. The first kappa shape index (κ1) is 19.8. The van der Waals surface area contributed by atoms with E-state index in [1.165, 1.54) is 6.07 Å². The predicted molar refractivity (Wildman–Crippen MR) is 91.0 cm³/mol. The van der Waals surface area contributed by atoms with Crippen molar-refractivity contribution in [3.8, 4) is 11.5 Å². The molecule has 1 amide bonds. The number of hydrogen-bond acceptors (Lipinski definition) is 4. The average Bonchev–Trinajstić information content (AvgIpc) is 2.55. The van der Waals surface area contributed by atoms with Gasteiger partial charge >= 0.3 is 13.2 Å². The standard InChI is InChI=1S/C16H13BrF4N2O3/c17-9-1-3-10(4-2-9)23-14(24)8-22-12-6-5-11(25-15(18)19)7-13(12)26-16(20)21/h1-7,15-16,22H,8H2,(H,23,24). The van der Waals surface area contributed by atoms with Crippen LogP contribution < -0.4 is 20.1 Å². The van der Waals surface area contributed by atoms with Crippen LogP contribution in [0.1, 0.15) is 0 Å². The van der Waals surface area contributed by atoms with Crippen LogP contribution in [0.5, 0.6) is 11.5 Å². The lowest BCUT2D eigenvalue weighted by Gasteiger charge is -2.14. The van der Waals surface area contributed by atoms with E-state index in [0.717, 1.165) is 16.6 Å². The zero-order valence-corrected chi connectivity index (χ0v) is 14.6. The van der Waals surface area contributed by atoms with E-state index in [-0.39, 0.29) is 18.0 Å². The zero-order valence-electron chi connectivity index (χ0n) is 13.0. The van der Waals surface area contributed by atoms with Gasteiger partial charge in [0.1, 0.15) is 5.75 Å². The van der Waals surface area contributed by atoms with Crippen molar-refractivity contribution in [3.63, 3.8) is 0 Å². The molecule has 0 unspecified atom stereocenters. The zero-order chi connectivity index (χ0) is 19.1. The summed E-state index contributed by atoms with van der Waals surface area (Å²) >= 11 is 3.26. The number of amides is 1. The van der Waals surface area contributed by atoms with E-state index in [4.69, 9.17) is 0 Å². The molecule has 0 aliphatic carbocycles. The fourth-order valence-electron chi connectivity index (χ4n) is 1.93. The van der Waals surface area contributed by atoms with Crippen LogP contribution >= 0.6 is 15.9 Å². The van der Waals surface area contributed by atoms with E-state index in [1.54, 1.807) is 24.3 Å². The molecule has 0 heterocycles. The average molecular weight is 437 g/mol. The summed E-state index contributed by atoms with van der Waals surface area (Å²) in [5.41, 5.74) is 0.572. The molecule has 0 saturated heterocycles. The lowest BCUT2D eigenvalue weighted by Crippen LogP contribution is -2.22. The summed E-state index contributed by atoms with van der Waals surface area (Å²) in [7, 11) is 0. The first-order chi connectivity index (χ1) is 12.3. The third-order valence-electron chi connectivity index (χ3n) is 2.96. The van der Waals surface area contributed by atoms with Gasteiger partial charge in [-0.05, 0) is 36.4 Å². The normalized spacial score (nSPS) is 10.7. The Bertz CT molecular complexity index is 745. The SMILES string of the molecule is O=C(CNc1ccc(OC(F)F)cc1OC(F)F)Nc1ccc(Br)cc1. The number of rotatable bonds is 8. The highest BCUT2D eigenvalue weighted by molar-refractivity contribution is 9.10. The molecule has 0 aromatic heterocycles. The van der Waals surface area contributed by atoms with E-state index >= 15 is 0 Å². The highest BCUT2D eigenvalue weighted by atomic mass is 79.9. The number of carbonyl (C=O) groups excluding carboxylic acids is 1. The fraction of sp³-hybridized carbons (Fsp3) is 0.188. The van der Waals surface area contributed by atoms with Gasteiger partial charge in [-0.15, -0.1) is 0 Å². The Labute approximate surface area is 154 Å². The molecule has 0 fully saturated rings. The number of hydrogen-bond donors (Lipinski definition) is 2. The molecule has 0 bridgehead atoms. The lowest BCUT2D eigenvalue weighted by molar-refractivity contribution is -0.114. The minimum Gasteiger partial charge on any atom is -0.435 e. The van der Waals surface area contributed by atoms with Crippen LogP contribution in [0.25, 0.3) is 0 Å². The Morgan fingerprint density at radius 1 is 1.00 bits per heavy atom. The number of carbonyl (C=O) groups is 1. The van der Waals surface area contributed by atoms with Crippen LogP contribution in [0.2, 0.25) is 0 Å². The fourth-order valence-corrected chi connectivity index (χ4v) is 2.20. The molecule has 2 aromatic carbocycles. The maximum Gasteiger partial charge on any atom is 0.387 e. The van der Waals surface area contributed by atoms with Crippen molar-refractivity contribution in [3.05, 3.63) is 46.9 Å². The van der Waals surface area contributed by atoms with Gasteiger partial charge in [0.15, 0.2) is 5.75 Å². The first-order valence-corrected chi connectivity index (χ1v) is 7.96. The third kappa shape index (κ3) is 6.43. The van der Waals surface area contributed by atoms with Crippen molar-refractivity contribution in [2.75, 3.05) is 17.2 Å². The Balaban J connectivity index is 2.02. The highest BCUT2D eigenvalue weighted by Crippen LogP contribution is 2.31. The Kier molecular flexibility index (Phi) is 7.07. The smallest absolute Gasteiger partial charge is 0.387 e. The van der Waals surface area contributed by atoms with Gasteiger partial charge in [-0.3, -0.25) is 4.79 Å². The largest absolute Gasteiger partial charge is 0.435 e. The summed E-state index contributed by atoms with van der Waals surface area (Å²) in [6, 6.07) is 10.0. The van der Waals surface area contributed by atoms with E-state index < -0.39 is 24.9 Å². The molecular formula is C16H13BrF4N2O3. The number of nitrogens with one attached hydrogen (secondary N) is 2. The van der Waals surface area contributed by atoms with Crippen LogP contribution in [-0.4, -0.2) is 25.7 Å². The van der Waals surface area contributed by atoms with Gasteiger partial charge in [-0.1, -0.05) is 15.9 Å². The maximum atomic E-state index is 12.5. The van der Waals surface area contributed by atoms with Gasteiger partial charge < -0.3 is 20.1 Å². The summed E-state index contributed by atoms with van der Waals surface area (Å²) in [4.78, 5) is 11.9. The molecule has 140 valence electrons. The molecule has 10 heteroatoms. The van der Waals surface area contributed by atoms with E-state index in [0.29, 0.717) is 5.69 Å². The van der Waals surface area contributed by atoms with Crippen molar-refractivity contribution in [1.29, 1.82) is 0 Å². The summed E-state index contributed by atoms with van der Waals surface area (Å²) in [6.45, 7) is -6.54. The quantitative estimate of drug-likeness (QED) is 0.588. The van der Waals surface area contributed by atoms with Crippen molar-refractivity contribution in [2.45, 2.75) is 13.2 Å². The monoisotopic (exact) mass is 436 g/mol. The van der Waals surface area contributed by atoms with E-state index in [9.17, 15) is 22.4 Å². The molecule has 0 radical (unpaired) electrons. The number of benzene rings is 2. The van der Waals surface area contributed by atoms with Crippen LogP contribution in [-0.2, 0) is 4.79 Å². The molecule has 2 N–H and O–H groups in total. The highest BCUT2D eigenvalue weighted by Gasteiger charge is 2.14. The van der Waals surface area contributed by atoms with E-state index in [2.05, 4.69) is 36.0 Å². The topological polar surface area (TPSA) is 59.6 Å². The minimum absolute atomic E-state index is 0.0258. The first-order valence-electron chi connectivity index (χ1n) is 7.16. The molecule has 0 saturated carbocycles. The number of anilines is 2. The second kappa shape index (κ2) is 9.27. The van der Waals surface area contributed by atoms with Gasteiger partial charge in [-0.25, -0.2) is 0 Å². The summed E-state index contributed by atoms with van der Waals surface area (Å²) in [6.07, 6.45) is 0. The number of ether oxygens (including phenoxy) is 2. The van der Waals surface area contributed by atoms with Crippen molar-refractivity contribution >= 4 is 33.2 Å². The van der Waals surface area contributed by atoms with Gasteiger partial charge in [0.2, 0.25) is 5.91 Å². The van der Waals surface area contributed by atoms with Crippen LogP contribution in [0.15, 0.2) is 46.9 Å². The summed E-state index contributed by atoms with van der Waals surface area (Å²) < 4.78 is 58.7. The second-order valence-electron chi connectivity index (χ2n) is 4.82. The Morgan fingerprint density at radius 2 is 1.65 bits per heavy atom. The van der Waals surface area contributed by atoms with Crippen molar-refractivity contribution in [2.24, 2.45) is 0 Å². The third-order valence-corrected chi connectivity index (χ3v) is 3.49. The van der Waals surface area contributed by atoms with Gasteiger partial charge in [0.25, 0.3) is 0 Å². The Morgan fingerprint density at radius 3 is 2.27 bits per heavy atom. The molecule has 2 aromatic rings. The maximum absolute atomic E-state index is 12.5. The Hall–Kier alpha value is -2.49. The number of alkyl halides is 4. The van der Waals surface area contributed by atoms with Gasteiger partial charge in [-0.2, -0.15) is 17.6 Å². The van der Waals surface area contributed by atoms with Crippen LogP contribution in [0, 0.1) is 0 Å². The predicted octanol–water partition coefficient (Wildman–Crippen LogP) is 4.70. The van der Waals surface area contributed by atoms with Crippen LogP contribution in [0.3, 0.4) is 0 Å². The molecular weight excluding hydrogens is 424 g/mol. The van der Waals surface area contributed by atoms with Gasteiger partial charge in [0, 0.05) is 16.2 Å². The summed E-state index contributed by atoms with van der Waals surface area (Å²) in [5.74, 6) is -1.21. The summed E-state index contributed by atoms with van der Waals surface area (Å²) in [5, 5.41) is 5.21. The molecule has 26 heavy (non-hydrogen) atoms. The van der Waals surface area contributed by atoms with E-state index in [1.807, 2.05) is 0 Å². The lowest BCUT2D eigenvalue weighted by atomic mass is 10.2. The second-order valence-corrected chi connectivity index (χ2v) is 5.74. The molecule has 2 rings (SSSR count). The van der Waals surface area contributed by atoms with Crippen molar-refractivity contribution < 1.29 is 31.8 Å². The van der Waals surface area contributed by atoms with Crippen molar-refractivity contribution in [1.82, 2.24) is 0 Å². The number of halogens is 5. The van der Waals surface area contributed by atoms with Crippen LogP contribution in [0.4, 0.5) is 28.9 Å². The van der Waals surface area contributed by atoms with Gasteiger partial charge in [0.05, 0.1) is 12.2 Å². The molecule has 0 aliphatic heterocycles. The minimum atomic E-state index is -3.17. The molecule has 0 aliphatic rings.